The van der Waals surface area contributed by atoms with Crippen molar-refractivity contribution in [1.82, 2.24) is 5.32 Å². The van der Waals surface area contributed by atoms with E-state index in [1.807, 2.05) is 0 Å². The van der Waals surface area contributed by atoms with Crippen LogP contribution in [0.3, 0.4) is 0 Å². The Balaban J connectivity index is 3.65. The maximum atomic E-state index is 11.1. The Morgan fingerprint density at radius 2 is 1.86 bits per heavy atom. The van der Waals surface area contributed by atoms with E-state index < -0.39 is 0 Å². The Bertz CT molecular complexity index is 164. The molecule has 1 amide bonds. The number of nitrogens with one attached hydrogen (secondary N) is 1. The van der Waals surface area contributed by atoms with E-state index in [4.69, 9.17) is 0 Å². The van der Waals surface area contributed by atoms with Crippen LogP contribution in [-0.4, -0.2) is 13.0 Å². The number of carbonyl (C=O) groups is 1. The van der Waals surface area contributed by atoms with Gasteiger partial charge < -0.3 is 5.32 Å². The molecule has 0 aliphatic rings. The first kappa shape index (κ1) is 13.5. The average Bonchev–Trinajstić information content (AvgIpc) is 2.14. The highest BCUT2D eigenvalue weighted by atomic mass is 16.1. The van der Waals surface area contributed by atoms with Gasteiger partial charge in [0.1, 0.15) is 0 Å². The molecule has 1 N–H and O–H groups in total. The fourth-order valence-electron chi connectivity index (χ4n) is 1.56. The molecule has 0 saturated carbocycles. The highest BCUT2D eigenvalue weighted by Gasteiger charge is 2.18. The summed E-state index contributed by atoms with van der Waals surface area (Å²) in [5.74, 6) is 0.161. The summed E-state index contributed by atoms with van der Waals surface area (Å²) in [6.45, 7) is 6.73. The van der Waals surface area contributed by atoms with Crippen LogP contribution >= 0.6 is 0 Å². The van der Waals surface area contributed by atoms with Gasteiger partial charge >= 0.3 is 0 Å². The molecule has 0 heterocycles. The molecule has 0 aromatic heterocycles. The van der Waals surface area contributed by atoms with Gasteiger partial charge in [-0.2, -0.15) is 0 Å². The minimum Gasteiger partial charge on any atom is -0.359 e. The van der Waals surface area contributed by atoms with Crippen LogP contribution in [0.25, 0.3) is 0 Å². The lowest BCUT2D eigenvalue weighted by Gasteiger charge is -2.24. The lowest BCUT2D eigenvalue weighted by Crippen LogP contribution is -2.21. The number of carbonyl (C=O) groups excluding carboxylic acids is 1. The van der Waals surface area contributed by atoms with Crippen molar-refractivity contribution in [2.75, 3.05) is 7.05 Å². The van der Waals surface area contributed by atoms with Crippen molar-refractivity contribution in [2.24, 2.45) is 5.41 Å². The maximum Gasteiger partial charge on any atom is 0.219 e. The zero-order valence-electron chi connectivity index (χ0n) is 10.2. The first-order valence-corrected chi connectivity index (χ1v) is 5.72. The predicted octanol–water partition coefficient (Wildman–Crippen LogP) is 3.12. The molecule has 0 aromatic carbocycles. The van der Waals surface area contributed by atoms with Crippen molar-refractivity contribution in [3.8, 4) is 0 Å². The van der Waals surface area contributed by atoms with Crippen molar-refractivity contribution in [3.63, 3.8) is 0 Å². The predicted molar refractivity (Wildman–Crippen MR) is 61.2 cm³/mol. The number of rotatable bonds is 7. The minimum atomic E-state index is 0.161. The highest BCUT2D eigenvalue weighted by Crippen LogP contribution is 2.28. The molecule has 0 bridgehead atoms. The zero-order valence-corrected chi connectivity index (χ0v) is 10.2. The molecule has 0 spiro atoms. The SMILES string of the molecule is CCCCCC(C)(C)CCC(=O)NC. The number of amides is 1. The Morgan fingerprint density at radius 1 is 1.21 bits per heavy atom. The van der Waals surface area contributed by atoms with Gasteiger partial charge in [-0.3, -0.25) is 4.79 Å². The summed E-state index contributed by atoms with van der Waals surface area (Å²) in [6.07, 6.45) is 6.76. The van der Waals surface area contributed by atoms with E-state index >= 15 is 0 Å². The fourth-order valence-corrected chi connectivity index (χ4v) is 1.56. The van der Waals surface area contributed by atoms with Gasteiger partial charge in [-0.1, -0.05) is 40.0 Å². The molecule has 0 rings (SSSR count). The summed E-state index contributed by atoms with van der Waals surface area (Å²) < 4.78 is 0. The molecule has 2 heteroatoms. The second kappa shape index (κ2) is 6.86. The summed E-state index contributed by atoms with van der Waals surface area (Å²) in [4.78, 5) is 11.1. The van der Waals surface area contributed by atoms with Gasteiger partial charge in [0.05, 0.1) is 0 Å². The fraction of sp³-hybridized carbons (Fsp3) is 0.917. The molecule has 0 aromatic rings. The standard InChI is InChI=1S/C12H25NO/c1-5-6-7-9-12(2,3)10-8-11(14)13-4/h5-10H2,1-4H3,(H,13,14). The van der Waals surface area contributed by atoms with Crippen LogP contribution in [0.15, 0.2) is 0 Å². The van der Waals surface area contributed by atoms with E-state index in [1.165, 1.54) is 25.7 Å². The normalized spacial score (nSPS) is 11.4. The molecule has 0 aliphatic carbocycles. The lowest BCUT2D eigenvalue weighted by atomic mass is 9.82. The van der Waals surface area contributed by atoms with Crippen LogP contribution in [0, 0.1) is 5.41 Å². The van der Waals surface area contributed by atoms with E-state index in [9.17, 15) is 4.79 Å². The largest absolute Gasteiger partial charge is 0.359 e. The van der Waals surface area contributed by atoms with E-state index in [2.05, 4.69) is 26.1 Å². The van der Waals surface area contributed by atoms with Gasteiger partial charge in [0.15, 0.2) is 0 Å². The third kappa shape index (κ3) is 6.93. The quantitative estimate of drug-likeness (QED) is 0.627. The molecule has 0 atom stereocenters. The average molecular weight is 199 g/mol. The van der Waals surface area contributed by atoms with Gasteiger partial charge in [-0.15, -0.1) is 0 Å². The second-order valence-electron chi connectivity index (χ2n) is 4.79. The van der Waals surface area contributed by atoms with Gasteiger partial charge in [-0.25, -0.2) is 0 Å². The lowest BCUT2D eigenvalue weighted by molar-refractivity contribution is -0.121. The second-order valence-corrected chi connectivity index (χ2v) is 4.79. The van der Waals surface area contributed by atoms with Crippen LogP contribution < -0.4 is 5.32 Å². The molecule has 14 heavy (non-hydrogen) atoms. The first-order valence-electron chi connectivity index (χ1n) is 5.72. The Labute approximate surface area is 88.5 Å². The Kier molecular flexibility index (Phi) is 6.60. The number of hydrogen-bond acceptors (Lipinski definition) is 1. The molecule has 0 saturated heterocycles. The molecule has 0 aliphatic heterocycles. The third-order valence-corrected chi connectivity index (χ3v) is 2.76. The van der Waals surface area contributed by atoms with Crippen molar-refractivity contribution < 1.29 is 4.79 Å². The van der Waals surface area contributed by atoms with Gasteiger partial charge in [0, 0.05) is 13.5 Å². The molecule has 0 fully saturated rings. The molecule has 84 valence electrons. The molecular weight excluding hydrogens is 174 g/mol. The van der Waals surface area contributed by atoms with Crippen molar-refractivity contribution >= 4 is 5.91 Å². The van der Waals surface area contributed by atoms with Crippen LogP contribution in [0.5, 0.6) is 0 Å². The van der Waals surface area contributed by atoms with Crippen molar-refractivity contribution in [2.45, 2.75) is 59.3 Å². The zero-order chi connectivity index (χ0) is 11.0. The first-order chi connectivity index (χ1) is 6.52. The van der Waals surface area contributed by atoms with Gasteiger partial charge in [-0.05, 0) is 18.3 Å². The summed E-state index contributed by atoms with van der Waals surface area (Å²) in [6, 6.07) is 0. The number of hydrogen-bond donors (Lipinski definition) is 1. The Hall–Kier alpha value is -0.530. The molecule has 0 radical (unpaired) electrons. The van der Waals surface area contributed by atoms with Gasteiger partial charge in [0.25, 0.3) is 0 Å². The topological polar surface area (TPSA) is 29.1 Å². The van der Waals surface area contributed by atoms with Crippen molar-refractivity contribution in [3.05, 3.63) is 0 Å². The summed E-state index contributed by atoms with van der Waals surface area (Å²) in [5, 5.41) is 2.67. The van der Waals surface area contributed by atoms with E-state index in [1.54, 1.807) is 7.05 Å². The summed E-state index contributed by atoms with van der Waals surface area (Å²) >= 11 is 0. The molecule has 0 unspecified atom stereocenters. The van der Waals surface area contributed by atoms with Crippen LogP contribution in [0.4, 0.5) is 0 Å². The van der Waals surface area contributed by atoms with E-state index in [0.29, 0.717) is 11.8 Å². The monoisotopic (exact) mass is 199 g/mol. The van der Waals surface area contributed by atoms with Crippen LogP contribution in [-0.2, 0) is 4.79 Å². The minimum absolute atomic E-state index is 0.161. The smallest absolute Gasteiger partial charge is 0.219 e. The van der Waals surface area contributed by atoms with E-state index in [-0.39, 0.29) is 5.91 Å². The number of unbranched alkanes of at least 4 members (excludes halogenated alkanes) is 2. The Morgan fingerprint density at radius 3 is 2.36 bits per heavy atom. The molecular formula is C12H25NO. The highest BCUT2D eigenvalue weighted by molar-refractivity contribution is 5.75. The summed E-state index contributed by atoms with van der Waals surface area (Å²) in [7, 11) is 1.70. The van der Waals surface area contributed by atoms with Crippen LogP contribution in [0.1, 0.15) is 59.3 Å². The van der Waals surface area contributed by atoms with Crippen molar-refractivity contribution in [1.29, 1.82) is 0 Å². The van der Waals surface area contributed by atoms with Crippen LogP contribution in [0.2, 0.25) is 0 Å². The maximum absolute atomic E-state index is 11.1. The van der Waals surface area contributed by atoms with Gasteiger partial charge in [0.2, 0.25) is 5.91 Å². The summed E-state index contributed by atoms with van der Waals surface area (Å²) in [5.41, 5.74) is 0.321. The van der Waals surface area contributed by atoms with E-state index in [0.717, 1.165) is 6.42 Å². The third-order valence-electron chi connectivity index (χ3n) is 2.76. The molecule has 2 nitrogen and oxygen atoms in total.